The van der Waals surface area contributed by atoms with E-state index in [2.05, 4.69) is 16.4 Å². The molecule has 0 unspecified atom stereocenters. The number of ether oxygens (including phenoxy) is 1. The molecular formula is C12H12N4OS. The van der Waals surface area contributed by atoms with Gasteiger partial charge < -0.3 is 4.74 Å². The van der Waals surface area contributed by atoms with Crippen molar-refractivity contribution < 1.29 is 4.74 Å². The second-order valence-electron chi connectivity index (χ2n) is 3.26. The molecule has 18 heavy (non-hydrogen) atoms. The molecule has 0 saturated heterocycles. The summed E-state index contributed by atoms with van der Waals surface area (Å²) in [5, 5.41) is 20.6. The van der Waals surface area contributed by atoms with Crippen molar-refractivity contribution in [2.24, 2.45) is 4.99 Å². The molecule has 0 aliphatic rings. The summed E-state index contributed by atoms with van der Waals surface area (Å²) in [6, 6.07) is 5.45. The van der Waals surface area contributed by atoms with Crippen LogP contribution >= 0.6 is 11.8 Å². The van der Waals surface area contributed by atoms with Crippen LogP contribution in [0.1, 0.15) is 11.1 Å². The van der Waals surface area contributed by atoms with E-state index in [-0.39, 0.29) is 0 Å². The van der Waals surface area contributed by atoms with E-state index in [1.807, 2.05) is 13.1 Å². The molecule has 0 saturated carbocycles. The zero-order chi connectivity index (χ0) is 13.5. The van der Waals surface area contributed by atoms with E-state index in [1.165, 1.54) is 11.8 Å². The topological polar surface area (TPSA) is 81.2 Å². The number of benzene rings is 1. The predicted molar refractivity (Wildman–Crippen MR) is 71.8 cm³/mol. The molecule has 0 amide bonds. The lowest BCUT2D eigenvalue weighted by molar-refractivity contribution is 0.412. The highest BCUT2D eigenvalue weighted by molar-refractivity contribution is 8.13. The highest BCUT2D eigenvalue weighted by atomic mass is 32.2. The van der Waals surface area contributed by atoms with Gasteiger partial charge in [-0.25, -0.2) is 4.99 Å². The first-order valence-electron chi connectivity index (χ1n) is 5.03. The smallest absolute Gasteiger partial charge is 0.183 e. The number of nitrogens with one attached hydrogen (secondary N) is 1. The van der Waals surface area contributed by atoms with Crippen LogP contribution in [0.5, 0.6) is 5.75 Å². The van der Waals surface area contributed by atoms with Gasteiger partial charge in [0.1, 0.15) is 11.8 Å². The highest BCUT2D eigenvalue weighted by Gasteiger charge is 2.10. The molecule has 0 fully saturated rings. The molecule has 0 heterocycles. The van der Waals surface area contributed by atoms with Crippen LogP contribution in [-0.4, -0.2) is 18.5 Å². The molecule has 1 rings (SSSR count). The third kappa shape index (κ3) is 2.93. The second-order valence-corrected chi connectivity index (χ2v) is 4.05. The van der Waals surface area contributed by atoms with Crippen LogP contribution in [0.15, 0.2) is 17.1 Å². The van der Waals surface area contributed by atoms with Crippen molar-refractivity contribution in [3.05, 3.63) is 23.3 Å². The van der Waals surface area contributed by atoms with E-state index >= 15 is 0 Å². The standard InChI is InChI=1S/C12H12N4OS/c1-8-10(17-2)5-4-9(6-13)11(8)16-12(18-3)15-7-14/h4-5H,1-3H3,(H,15,16). The molecule has 0 atom stereocenters. The molecule has 1 aromatic carbocycles. The minimum atomic E-state index is 0.436. The lowest BCUT2D eigenvalue weighted by Crippen LogP contribution is -2.12. The highest BCUT2D eigenvalue weighted by Crippen LogP contribution is 2.31. The van der Waals surface area contributed by atoms with Crippen molar-refractivity contribution in [1.29, 1.82) is 10.5 Å². The predicted octanol–water partition coefficient (Wildman–Crippen LogP) is 2.30. The molecule has 0 aliphatic carbocycles. The Balaban J connectivity index is 3.38. The monoisotopic (exact) mass is 260 g/mol. The van der Waals surface area contributed by atoms with Gasteiger partial charge in [-0.05, 0) is 25.3 Å². The number of methoxy groups -OCH3 is 1. The third-order valence-corrected chi connectivity index (χ3v) is 2.87. The van der Waals surface area contributed by atoms with Crippen LogP contribution < -0.4 is 10.1 Å². The molecule has 5 nitrogen and oxygen atoms in total. The van der Waals surface area contributed by atoms with Crippen LogP contribution in [0.2, 0.25) is 0 Å². The minimum Gasteiger partial charge on any atom is -0.496 e. The Bertz CT molecular complexity index is 554. The molecular weight excluding hydrogens is 248 g/mol. The molecule has 0 aliphatic heterocycles. The third-order valence-electron chi connectivity index (χ3n) is 2.29. The first-order valence-corrected chi connectivity index (χ1v) is 6.25. The maximum Gasteiger partial charge on any atom is 0.183 e. The van der Waals surface area contributed by atoms with Gasteiger partial charge in [-0.15, -0.1) is 0 Å². The first kappa shape index (κ1) is 13.9. The molecule has 6 heteroatoms. The van der Waals surface area contributed by atoms with Crippen LogP contribution in [0.4, 0.5) is 5.69 Å². The van der Waals surface area contributed by atoms with Crippen molar-refractivity contribution >= 4 is 22.6 Å². The lowest BCUT2D eigenvalue weighted by Gasteiger charge is -2.09. The average Bonchev–Trinajstić information content (AvgIpc) is 2.40. The number of aliphatic imine (C=N–C) groups is 1. The normalized spacial score (nSPS) is 10.4. The molecule has 0 bridgehead atoms. The maximum atomic E-state index is 9.07. The molecule has 1 N–H and O–H groups in total. The van der Waals surface area contributed by atoms with Crippen LogP contribution in [-0.2, 0) is 0 Å². The summed E-state index contributed by atoms with van der Waals surface area (Å²) in [7, 11) is 1.56. The molecule has 1 aromatic rings. The van der Waals surface area contributed by atoms with E-state index < -0.39 is 0 Å². The van der Waals surface area contributed by atoms with Crippen molar-refractivity contribution in [3.8, 4) is 18.0 Å². The zero-order valence-electron chi connectivity index (χ0n) is 10.3. The fraction of sp³-hybridized carbons (Fsp3) is 0.250. The summed E-state index contributed by atoms with van der Waals surface area (Å²) in [5.74, 6) is 0.658. The Morgan fingerprint density at radius 3 is 2.67 bits per heavy atom. The lowest BCUT2D eigenvalue weighted by atomic mass is 10.1. The fourth-order valence-electron chi connectivity index (χ4n) is 1.41. The number of amidine groups is 1. The Morgan fingerprint density at radius 2 is 2.17 bits per heavy atom. The van der Waals surface area contributed by atoms with Gasteiger partial charge in [0.25, 0.3) is 0 Å². The zero-order valence-corrected chi connectivity index (χ0v) is 11.1. The summed E-state index contributed by atoms with van der Waals surface area (Å²) in [6.07, 6.45) is 3.61. The van der Waals surface area contributed by atoms with Crippen molar-refractivity contribution in [3.63, 3.8) is 0 Å². The van der Waals surface area contributed by atoms with Crippen molar-refractivity contribution in [2.75, 3.05) is 13.4 Å². The molecule has 0 aromatic heterocycles. The van der Waals surface area contributed by atoms with Gasteiger partial charge in [-0.3, -0.25) is 5.32 Å². The molecule has 0 radical (unpaired) electrons. The van der Waals surface area contributed by atoms with Gasteiger partial charge in [0.05, 0.1) is 18.4 Å². The van der Waals surface area contributed by atoms with Gasteiger partial charge >= 0.3 is 0 Å². The molecule has 0 spiro atoms. The number of thioether (sulfide) groups is 1. The summed E-state index contributed by atoms with van der Waals surface area (Å²) >= 11 is 1.30. The Labute approximate surface area is 110 Å². The summed E-state index contributed by atoms with van der Waals surface area (Å²) < 4.78 is 5.19. The quantitative estimate of drug-likeness (QED) is 0.382. The van der Waals surface area contributed by atoms with Crippen LogP contribution in [0, 0.1) is 29.7 Å². The summed E-state index contributed by atoms with van der Waals surface area (Å²) in [5.41, 5.74) is 1.73. The van der Waals surface area contributed by atoms with Gasteiger partial charge in [0, 0.05) is 5.56 Å². The van der Waals surface area contributed by atoms with Crippen molar-refractivity contribution in [1.82, 2.24) is 5.32 Å². The Hall–Kier alpha value is -2.18. The summed E-state index contributed by atoms with van der Waals surface area (Å²) in [6.45, 7) is 1.82. The average molecular weight is 260 g/mol. The first-order chi connectivity index (χ1) is 8.67. The van der Waals surface area contributed by atoms with E-state index in [0.29, 0.717) is 22.2 Å². The van der Waals surface area contributed by atoms with E-state index in [9.17, 15) is 0 Å². The number of hydrogen-bond acceptors (Lipinski definition) is 5. The number of nitriles is 2. The SMILES string of the molecule is COc1ccc(C#N)c(N=C(NC#N)SC)c1C. The van der Waals surface area contributed by atoms with Crippen molar-refractivity contribution in [2.45, 2.75) is 6.92 Å². The number of rotatable bonds is 2. The maximum absolute atomic E-state index is 9.07. The Morgan fingerprint density at radius 1 is 1.44 bits per heavy atom. The number of nitrogens with zero attached hydrogens (tertiary/aromatic N) is 3. The second kappa shape index (κ2) is 6.53. The van der Waals surface area contributed by atoms with Gasteiger partial charge in [-0.1, -0.05) is 11.8 Å². The van der Waals surface area contributed by atoms with E-state index in [0.717, 1.165) is 5.56 Å². The fourth-order valence-corrected chi connectivity index (χ4v) is 1.74. The van der Waals surface area contributed by atoms with Crippen LogP contribution in [0.25, 0.3) is 0 Å². The van der Waals surface area contributed by atoms with E-state index in [4.69, 9.17) is 15.3 Å². The van der Waals surface area contributed by atoms with E-state index in [1.54, 1.807) is 25.5 Å². The molecule has 92 valence electrons. The minimum absolute atomic E-state index is 0.436. The van der Waals surface area contributed by atoms with Gasteiger partial charge in [-0.2, -0.15) is 10.5 Å². The Kier molecular flexibility index (Phi) is 5.04. The van der Waals surface area contributed by atoms with Gasteiger partial charge in [0.15, 0.2) is 11.4 Å². The number of hydrogen-bond donors (Lipinski definition) is 1. The van der Waals surface area contributed by atoms with Crippen LogP contribution in [0.3, 0.4) is 0 Å². The largest absolute Gasteiger partial charge is 0.496 e. The summed E-state index contributed by atoms with van der Waals surface area (Å²) in [4.78, 5) is 4.29. The van der Waals surface area contributed by atoms with Gasteiger partial charge in [0.2, 0.25) is 0 Å².